The fourth-order valence-electron chi connectivity index (χ4n) is 2.59. The van der Waals surface area contributed by atoms with Crippen LogP contribution in [0, 0.1) is 0 Å². The molecule has 7 nitrogen and oxygen atoms in total. The van der Waals surface area contributed by atoms with Crippen molar-refractivity contribution < 1.29 is 4.79 Å². The normalized spacial score (nSPS) is 14.7. The molecule has 1 N–H and O–H groups in total. The van der Waals surface area contributed by atoms with E-state index in [-0.39, 0.29) is 24.1 Å². The van der Waals surface area contributed by atoms with E-state index < -0.39 is 0 Å². The third kappa shape index (κ3) is 2.72. The van der Waals surface area contributed by atoms with E-state index in [4.69, 9.17) is 0 Å². The number of hydrogen-bond donors (Lipinski definition) is 1. The van der Waals surface area contributed by atoms with Gasteiger partial charge in [0.25, 0.3) is 5.56 Å². The minimum Gasteiger partial charge on any atom is -0.345 e. The lowest BCUT2D eigenvalue weighted by Gasteiger charge is -2.14. The average Bonchev–Trinajstić information content (AvgIpc) is 3.03. The van der Waals surface area contributed by atoms with E-state index in [9.17, 15) is 9.59 Å². The summed E-state index contributed by atoms with van der Waals surface area (Å²) in [5, 5.41) is 11.1. The van der Waals surface area contributed by atoms with Crippen molar-refractivity contribution in [3.8, 4) is 0 Å². The molecule has 1 aliphatic rings. The molecule has 0 saturated carbocycles. The fraction of sp³-hybridized carbons (Fsp3) is 0.429. The summed E-state index contributed by atoms with van der Waals surface area (Å²) in [6, 6.07) is 4.58. The maximum Gasteiger partial charge on any atom is 0.250 e. The summed E-state index contributed by atoms with van der Waals surface area (Å²) in [7, 11) is 0. The maximum atomic E-state index is 12.0. The molecule has 1 unspecified atom stereocenters. The Balaban J connectivity index is 1.67. The first-order chi connectivity index (χ1) is 10.1. The third-order valence-electron chi connectivity index (χ3n) is 3.62. The second-order valence-corrected chi connectivity index (χ2v) is 5.19. The van der Waals surface area contributed by atoms with Gasteiger partial charge in [-0.15, -0.1) is 10.2 Å². The van der Waals surface area contributed by atoms with Crippen molar-refractivity contribution in [1.29, 1.82) is 0 Å². The summed E-state index contributed by atoms with van der Waals surface area (Å²) < 4.78 is 3.43. The molecule has 7 heteroatoms. The van der Waals surface area contributed by atoms with Gasteiger partial charge in [0.05, 0.1) is 6.04 Å². The highest BCUT2D eigenvalue weighted by Gasteiger charge is 2.22. The largest absolute Gasteiger partial charge is 0.345 e. The molecule has 0 bridgehead atoms. The second-order valence-electron chi connectivity index (χ2n) is 5.19. The predicted molar refractivity (Wildman–Crippen MR) is 75.6 cm³/mol. The molecule has 21 heavy (non-hydrogen) atoms. The number of carbonyl (C=O) groups excluding carboxylic acids is 1. The Bertz CT molecular complexity index is 718. The highest BCUT2D eigenvalue weighted by Crippen LogP contribution is 2.18. The summed E-state index contributed by atoms with van der Waals surface area (Å²) in [5.74, 6) is 1.53. The van der Waals surface area contributed by atoms with Gasteiger partial charge in [-0.25, -0.2) is 0 Å². The number of amides is 1. The summed E-state index contributed by atoms with van der Waals surface area (Å²) >= 11 is 0. The molecule has 0 fully saturated rings. The quantitative estimate of drug-likeness (QED) is 0.874. The van der Waals surface area contributed by atoms with Gasteiger partial charge in [-0.1, -0.05) is 6.07 Å². The first-order valence-electron chi connectivity index (χ1n) is 7.02. The van der Waals surface area contributed by atoms with E-state index in [1.54, 1.807) is 18.3 Å². The van der Waals surface area contributed by atoms with Gasteiger partial charge in [-0.05, 0) is 19.4 Å². The van der Waals surface area contributed by atoms with Crippen molar-refractivity contribution in [2.24, 2.45) is 0 Å². The maximum absolute atomic E-state index is 12.0. The van der Waals surface area contributed by atoms with Crippen LogP contribution in [-0.2, 0) is 24.3 Å². The van der Waals surface area contributed by atoms with Crippen LogP contribution in [0.2, 0.25) is 0 Å². The molecule has 3 heterocycles. The molecule has 0 saturated heterocycles. The number of nitrogens with zero attached hydrogens (tertiary/aromatic N) is 4. The molecule has 2 aromatic heterocycles. The summed E-state index contributed by atoms with van der Waals surface area (Å²) in [4.78, 5) is 23.6. The van der Waals surface area contributed by atoms with E-state index in [1.807, 2.05) is 6.92 Å². The van der Waals surface area contributed by atoms with Crippen molar-refractivity contribution in [2.75, 3.05) is 0 Å². The third-order valence-corrected chi connectivity index (χ3v) is 3.62. The van der Waals surface area contributed by atoms with Crippen LogP contribution in [0.1, 0.15) is 31.0 Å². The van der Waals surface area contributed by atoms with Crippen LogP contribution in [0.15, 0.2) is 29.2 Å². The number of aromatic nitrogens is 4. The summed E-state index contributed by atoms with van der Waals surface area (Å²) in [5.41, 5.74) is -0.191. The first-order valence-corrected chi connectivity index (χ1v) is 7.02. The number of fused-ring (bicyclic) bond motifs is 1. The van der Waals surface area contributed by atoms with E-state index in [1.165, 1.54) is 10.6 Å². The van der Waals surface area contributed by atoms with Gasteiger partial charge < -0.3 is 14.5 Å². The number of nitrogens with one attached hydrogen (secondary N) is 1. The lowest BCUT2D eigenvalue weighted by atomic mass is 10.3. The number of rotatable bonds is 4. The van der Waals surface area contributed by atoms with Crippen LogP contribution in [0.4, 0.5) is 0 Å². The first kappa shape index (κ1) is 13.5. The smallest absolute Gasteiger partial charge is 0.250 e. The lowest BCUT2D eigenvalue weighted by molar-refractivity contribution is -0.122. The standard InChI is InChI=1S/C14H17N5O2/c1-10(14-17-16-11-5-4-8-19(11)14)15-12(20)9-18-7-3-2-6-13(18)21/h2-3,6-7,10H,4-5,8-9H2,1H3,(H,15,20). The van der Waals surface area contributed by atoms with Crippen LogP contribution in [0.5, 0.6) is 0 Å². The summed E-state index contributed by atoms with van der Waals surface area (Å²) in [6.07, 6.45) is 3.60. The number of pyridine rings is 1. The zero-order valence-corrected chi connectivity index (χ0v) is 11.8. The Kier molecular flexibility index (Phi) is 3.55. The van der Waals surface area contributed by atoms with Gasteiger partial charge in [0.15, 0.2) is 5.82 Å². The average molecular weight is 287 g/mol. The van der Waals surface area contributed by atoms with E-state index in [2.05, 4.69) is 20.1 Å². The lowest BCUT2D eigenvalue weighted by Crippen LogP contribution is -2.34. The molecular weight excluding hydrogens is 270 g/mol. The molecule has 3 rings (SSSR count). The monoisotopic (exact) mass is 287 g/mol. The molecule has 1 amide bonds. The zero-order valence-electron chi connectivity index (χ0n) is 11.8. The van der Waals surface area contributed by atoms with Crippen molar-refractivity contribution in [3.05, 3.63) is 46.4 Å². The summed E-state index contributed by atoms with van der Waals surface area (Å²) in [6.45, 7) is 2.78. The van der Waals surface area contributed by atoms with Crippen molar-refractivity contribution >= 4 is 5.91 Å². The van der Waals surface area contributed by atoms with Crippen LogP contribution in [-0.4, -0.2) is 25.2 Å². The van der Waals surface area contributed by atoms with Gasteiger partial charge >= 0.3 is 0 Å². The molecule has 0 aromatic carbocycles. The van der Waals surface area contributed by atoms with Crippen LogP contribution >= 0.6 is 0 Å². The van der Waals surface area contributed by atoms with Crippen molar-refractivity contribution in [1.82, 2.24) is 24.6 Å². The Morgan fingerprint density at radius 3 is 3.10 bits per heavy atom. The molecule has 0 aliphatic carbocycles. The van der Waals surface area contributed by atoms with Gasteiger partial charge in [-0.3, -0.25) is 9.59 Å². The van der Waals surface area contributed by atoms with Gasteiger partial charge in [0.1, 0.15) is 12.4 Å². The minimum absolute atomic E-state index is 0.00497. The SMILES string of the molecule is CC(NC(=O)Cn1ccccc1=O)c1nnc2n1CCC2. The second kappa shape index (κ2) is 5.51. The van der Waals surface area contributed by atoms with E-state index in [0.717, 1.165) is 31.0 Å². The van der Waals surface area contributed by atoms with Crippen molar-refractivity contribution in [3.63, 3.8) is 0 Å². The number of aryl methyl sites for hydroxylation is 1. The van der Waals surface area contributed by atoms with Crippen LogP contribution in [0.3, 0.4) is 0 Å². The molecule has 0 radical (unpaired) electrons. The fourth-order valence-corrected chi connectivity index (χ4v) is 2.59. The van der Waals surface area contributed by atoms with Gasteiger partial charge in [-0.2, -0.15) is 0 Å². The van der Waals surface area contributed by atoms with Gasteiger partial charge in [0.2, 0.25) is 5.91 Å². The molecule has 110 valence electrons. The molecule has 2 aromatic rings. The topological polar surface area (TPSA) is 81.8 Å². The van der Waals surface area contributed by atoms with E-state index in [0.29, 0.717) is 0 Å². The zero-order chi connectivity index (χ0) is 14.8. The Morgan fingerprint density at radius 1 is 1.43 bits per heavy atom. The highest BCUT2D eigenvalue weighted by atomic mass is 16.2. The van der Waals surface area contributed by atoms with Gasteiger partial charge in [0, 0.05) is 25.2 Å². The molecule has 1 atom stereocenters. The number of carbonyl (C=O) groups is 1. The van der Waals surface area contributed by atoms with Crippen molar-refractivity contribution in [2.45, 2.75) is 38.9 Å². The Morgan fingerprint density at radius 2 is 2.29 bits per heavy atom. The molecule has 0 spiro atoms. The minimum atomic E-state index is -0.226. The highest BCUT2D eigenvalue weighted by molar-refractivity contribution is 5.76. The molecule has 1 aliphatic heterocycles. The van der Waals surface area contributed by atoms with Crippen LogP contribution < -0.4 is 10.9 Å². The van der Waals surface area contributed by atoms with E-state index >= 15 is 0 Å². The number of hydrogen-bond acceptors (Lipinski definition) is 4. The molecular formula is C14H17N5O2. The Labute approximate surface area is 121 Å². The predicted octanol–water partition coefficient (Wildman–Crippen LogP) is 0.263. The van der Waals surface area contributed by atoms with Crippen LogP contribution in [0.25, 0.3) is 0 Å². The Hall–Kier alpha value is -2.44.